The van der Waals surface area contributed by atoms with E-state index in [1.807, 2.05) is 6.26 Å². The van der Waals surface area contributed by atoms with Crippen molar-refractivity contribution in [3.8, 4) is 5.75 Å². The topological polar surface area (TPSA) is 49.3 Å². The molecule has 1 amide bonds. The molecule has 1 aromatic carbocycles. The Labute approximate surface area is 91.7 Å². The lowest BCUT2D eigenvalue weighted by Gasteiger charge is -2.05. The maximum absolute atomic E-state index is 12.9. The molecule has 15 heavy (non-hydrogen) atoms. The second kappa shape index (κ2) is 5.60. The van der Waals surface area contributed by atoms with Crippen LogP contribution in [0.5, 0.6) is 5.75 Å². The molecular formula is C10H12FNO2S. The van der Waals surface area contributed by atoms with Crippen molar-refractivity contribution < 1.29 is 14.3 Å². The van der Waals surface area contributed by atoms with Crippen molar-refractivity contribution in [3.63, 3.8) is 0 Å². The van der Waals surface area contributed by atoms with Crippen molar-refractivity contribution >= 4 is 23.4 Å². The summed E-state index contributed by atoms with van der Waals surface area (Å²) in [5, 5.41) is 11.5. The molecule has 0 saturated heterocycles. The highest BCUT2D eigenvalue weighted by Crippen LogP contribution is 2.19. The summed E-state index contributed by atoms with van der Waals surface area (Å²) in [6.45, 7) is 0. The fraction of sp³-hybridized carbons (Fsp3) is 0.300. The molecular weight excluding hydrogens is 217 g/mol. The van der Waals surface area contributed by atoms with E-state index in [4.69, 9.17) is 5.11 Å². The van der Waals surface area contributed by atoms with Gasteiger partial charge in [-0.3, -0.25) is 4.79 Å². The molecule has 82 valence electrons. The maximum atomic E-state index is 12.9. The highest BCUT2D eigenvalue weighted by atomic mass is 32.2. The van der Waals surface area contributed by atoms with Crippen LogP contribution in [-0.2, 0) is 4.79 Å². The van der Waals surface area contributed by atoms with E-state index in [9.17, 15) is 9.18 Å². The third kappa shape index (κ3) is 3.79. The Hall–Kier alpha value is -1.23. The van der Waals surface area contributed by atoms with E-state index in [0.29, 0.717) is 12.1 Å². The number of phenolic OH excluding ortho intramolecular Hbond substituents is 1. The summed E-state index contributed by atoms with van der Waals surface area (Å²) in [6, 6.07) is 3.75. The summed E-state index contributed by atoms with van der Waals surface area (Å²) in [7, 11) is 0. The predicted octanol–water partition coefficient (Wildman–Crippen LogP) is 2.22. The van der Waals surface area contributed by atoms with Gasteiger partial charge in [-0.2, -0.15) is 11.8 Å². The maximum Gasteiger partial charge on any atom is 0.225 e. The number of benzene rings is 1. The number of hydrogen-bond donors (Lipinski definition) is 2. The van der Waals surface area contributed by atoms with Gasteiger partial charge in [0.15, 0.2) is 11.6 Å². The molecule has 0 radical (unpaired) electrons. The monoisotopic (exact) mass is 229 g/mol. The van der Waals surface area contributed by atoms with Gasteiger partial charge in [0.05, 0.1) is 0 Å². The van der Waals surface area contributed by atoms with E-state index >= 15 is 0 Å². The number of halogens is 1. The molecule has 0 unspecified atom stereocenters. The Morgan fingerprint density at radius 3 is 2.93 bits per heavy atom. The number of hydrogen-bond acceptors (Lipinski definition) is 3. The highest BCUT2D eigenvalue weighted by molar-refractivity contribution is 7.98. The number of carbonyl (C=O) groups is 1. The summed E-state index contributed by atoms with van der Waals surface area (Å²) in [5.74, 6) is -0.587. The average molecular weight is 229 g/mol. The molecule has 0 saturated carbocycles. The second-order valence-corrected chi connectivity index (χ2v) is 3.94. The molecule has 0 fully saturated rings. The third-order valence-electron chi connectivity index (χ3n) is 1.76. The molecule has 1 rings (SSSR count). The number of amides is 1. The first-order valence-electron chi connectivity index (χ1n) is 4.41. The molecule has 2 N–H and O–H groups in total. The lowest BCUT2D eigenvalue weighted by molar-refractivity contribution is -0.115. The van der Waals surface area contributed by atoms with Gasteiger partial charge in [-0.25, -0.2) is 4.39 Å². The van der Waals surface area contributed by atoms with Crippen LogP contribution in [0.2, 0.25) is 0 Å². The Balaban J connectivity index is 2.57. The smallest absolute Gasteiger partial charge is 0.225 e. The quantitative estimate of drug-likeness (QED) is 0.778. The van der Waals surface area contributed by atoms with Crippen molar-refractivity contribution in [2.45, 2.75) is 6.42 Å². The van der Waals surface area contributed by atoms with Crippen molar-refractivity contribution in [2.24, 2.45) is 0 Å². The predicted molar refractivity (Wildman–Crippen MR) is 59.7 cm³/mol. The summed E-state index contributed by atoms with van der Waals surface area (Å²) < 4.78 is 12.9. The van der Waals surface area contributed by atoms with Crippen LogP contribution in [0.1, 0.15) is 6.42 Å². The summed E-state index contributed by atoms with van der Waals surface area (Å²) >= 11 is 1.57. The van der Waals surface area contributed by atoms with E-state index in [1.165, 1.54) is 12.1 Å². The van der Waals surface area contributed by atoms with Gasteiger partial charge in [0, 0.05) is 23.9 Å². The highest BCUT2D eigenvalue weighted by Gasteiger charge is 2.04. The van der Waals surface area contributed by atoms with Gasteiger partial charge in [0.2, 0.25) is 5.91 Å². The number of rotatable bonds is 4. The molecule has 0 aliphatic rings. The molecule has 0 spiro atoms. The van der Waals surface area contributed by atoms with Crippen LogP contribution in [0.25, 0.3) is 0 Å². The summed E-state index contributed by atoms with van der Waals surface area (Å²) in [5.41, 5.74) is 0.358. The van der Waals surface area contributed by atoms with Crippen molar-refractivity contribution in [1.82, 2.24) is 0 Å². The van der Waals surface area contributed by atoms with E-state index in [-0.39, 0.29) is 5.91 Å². The number of thioether (sulfide) groups is 1. The van der Waals surface area contributed by atoms with Crippen LogP contribution < -0.4 is 5.32 Å². The van der Waals surface area contributed by atoms with Crippen LogP contribution in [0.15, 0.2) is 18.2 Å². The SMILES string of the molecule is CSCCC(=O)Nc1ccc(O)c(F)c1. The van der Waals surface area contributed by atoms with Gasteiger partial charge in [-0.05, 0) is 18.4 Å². The number of carbonyl (C=O) groups excluding carboxylic acids is 1. The van der Waals surface area contributed by atoms with E-state index in [1.54, 1.807) is 11.8 Å². The van der Waals surface area contributed by atoms with Gasteiger partial charge in [-0.1, -0.05) is 0 Å². The molecule has 0 aliphatic heterocycles. The molecule has 0 atom stereocenters. The fourth-order valence-corrected chi connectivity index (χ4v) is 1.39. The minimum atomic E-state index is -0.738. The van der Waals surface area contributed by atoms with E-state index in [2.05, 4.69) is 5.32 Å². The lowest BCUT2D eigenvalue weighted by atomic mass is 10.3. The van der Waals surface area contributed by atoms with Gasteiger partial charge in [0.1, 0.15) is 0 Å². The lowest BCUT2D eigenvalue weighted by Crippen LogP contribution is -2.12. The Bertz CT molecular complexity index is 357. The molecule has 0 bridgehead atoms. The molecule has 0 aliphatic carbocycles. The summed E-state index contributed by atoms with van der Waals surface area (Å²) in [6.07, 6.45) is 2.30. The van der Waals surface area contributed by atoms with Gasteiger partial charge in [-0.15, -0.1) is 0 Å². The molecule has 5 heteroatoms. The molecule has 0 heterocycles. The van der Waals surface area contributed by atoms with Gasteiger partial charge < -0.3 is 10.4 Å². The first kappa shape index (κ1) is 11.8. The Kier molecular flexibility index (Phi) is 4.42. The largest absolute Gasteiger partial charge is 0.505 e. The van der Waals surface area contributed by atoms with Gasteiger partial charge in [0.25, 0.3) is 0 Å². The minimum absolute atomic E-state index is 0.158. The van der Waals surface area contributed by atoms with Gasteiger partial charge >= 0.3 is 0 Å². The van der Waals surface area contributed by atoms with Crippen LogP contribution in [0, 0.1) is 5.82 Å². The van der Waals surface area contributed by atoms with E-state index < -0.39 is 11.6 Å². The third-order valence-corrected chi connectivity index (χ3v) is 2.38. The van der Waals surface area contributed by atoms with Crippen molar-refractivity contribution in [3.05, 3.63) is 24.0 Å². The van der Waals surface area contributed by atoms with Crippen LogP contribution in [0.3, 0.4) is 0 Å². The van der Waals surface area contributed by atoms with Crippen molar-refractivity contribution in [1.29, 1.82) is 0 Å². The summed E-state index contributed by atoms with van der Waals surface area (Å²) in [4.78, 5) is 11.3. The number of phenols is 1. The first-order valence-corrected chi connectivity index (χ1v) is 5.80. The first-order chi connectivity index (χ1) is 7.13. The average Bonchev–Trinajstić information content (AvgIpc) is 2.20. The minimum Gasteiger partial charge on any atom is -0.505 e. The zero-order valence-electron chi connectivity index (χ0n) is 8.29. The van der Waals surface area contributed by atoms with Crippen LogP contribution in [-0.4, -0.2) is 23.0 Å². The number of nitrogens with one attached hydrogen (secondary N) is 1. The van der Waals surface area contributed by atoms with Crippen molar-refractivity contribution in [2.75, 3.05) is 17.3 Å². The number of aromatic hydroxyl groups is 1. The molecule has 3 nitrogen and oxygen atoms in total. The zero-order chi connectivity index (χ0) is 11.3. The molecule has 0 aromatic heterocycles. The second-order valence-electron chi connectivity index (χ2n) is 2.96. The molecule has 1 aromatic rings. The van der Waals surface area contributed by atoms with E-state index in [0.717, 1.165) is 11.8 Å². The Morgan fingerprint density at radius 2 is 2.33 bits per heavy atom. The Morgan fingerprint density at radius 1 is 1.60 bits per heavy atom. The fourth-order valence-electron chi connectivity index (χ4n) is 1.00. The normalized spacial score (nSPS) is 10.0. The number of anilines is 1. The standard InChI is InChI=1S/C10H12FNO2S/c1-15-5-4-10(14)12-7-2-3-9(13)8(11)6-7/h2-3,6,13H,4-5H2,1H3,(H,12,14). The zero-order valence-corrected chi connectivity index (χ0v) is 9.10. The van der Waals surface area contributed by atoms with Crippen LogP contribution >= 0.6 is 11.8 Å². The van der Waals surface area contributed by atoms with Crippen LogP contribution in [0.4, 0.5) is 10.1 Å².